The Bertz CT molecular complexity index is 572. The van der Waals surface area contributed by atoms with Crippen LogP contribution in [0.15, 0.2) is 24.4 Å². The maximum absolute atomic E-state index is 11.0. The van der Waals surface area contributed by atoms with Crippen molar-refractivity contribution in [3.63, 3.8) is 0 Å². The summed E-state index contributed by atoms with van der Waals surface area (Å²) in [4.78, 5) is 13.7. The van der Waals surface area contributed by atoms with Crippen molar-refractivity contribution in [1.29, 1.82) is 0 Å². The van der Waals surface area contributed by atoms with Gasteiger partial charge in [-0.15, -0.1) is 0 Å². The molecule has 1 atom stereocenters. The predicted molar refractivity (Wildman–Crippen MR) is 72.8 cm³/mol. The van der Waals surface area contributed by atoms with E-state index < -0.39 is 0 Å². The zero-order valence-corrected chi connectivity index (χ0v) is 10.9. The number of aromatic nitrogens is 1. The molecule has 0 radical (unpaired) electrons. The largest absolute Gasteiger partial charge is 0.355 e. The van der Waals surface area contributed by atoms with Gasteiger partial charge in [0.15, 0.2) is 0 Å². The number of aromatic amines is 1. The van der Waals surface area contributed by atoms with Crippen LogP contribution < -0.4 is 0 Å². The summed E-state index contributed by atoms with van der Waals surface area (Å²) in [6.45, 7) is 6.54. The van der Waals surface area contributed by atoms with Gasteiger partial charge in [-0.25, -0.2) is 0 Å². The van der Waals surface area contributed by atoms with E-state index in [2.05, 4.69) is 25.8 Å². The average Bonchev–Trinajstić information content (AvgIpc) is 2.70. The van der Waals surface area contributed by atoms with Gasteiger partial charge in [0, 0.05) is 17.6 Å². The molecule has 0 fully saturated rings. The molecule has 18 heavy (non-hydrogen) atoms. The zero-order chi connectivity index (χ0) is 13.3. The summed E-state index contributed by atoms with van der Waals surface area (Å²) in [6.07, 6.45) is 2.99. The van der Waals surface area contributed by atoms with Gasteiger partial charge in [-0.2, -0.15) is 0 Å². The van der Waals surface area contributed by atoms with Crippen molar-refractivity contribution in [2.24, 2.45) is 5.92 Å². The monoisotopic (exact) mass is 246 g/mol. The van der Waals surface area contributed by atoms with Crippen LogP contribution >= 0.6 is 0 Å². The molecular weight excluding hydrogens is 228 g/mol. The van der Waals surface area contributed by atoms with Gasteiger partial charge in [-0.3, -0.25) is 10.1 Å². The normalized spacial score (nSPS) is 13.1. The standard InChI is InChI=1S/C14H18N2O2/c1-9(2)7-10(3)12-8-15-14-11(12)5-4-6-13(14)16(17)18/h4-6,8-10,15H,7H2,1-3H3. The van der Waals surface area contributed by atoms with E-state index in [1.165, 1.54) is 11.6 Å². The van der Waals surface area contributed by atoms with Gasteiger partial charge in [0.25, 0.3) is 5.69 Å². The highest BCUT2D eigenvalue weighted by atomic mass is 16.6. The first kappa shape index (κ1) is 12.6. The topological polar surface area (TPSA) is 58.9 Å². The number of non-ortho nitro benzene ring substituents is 1. The molecule has 0 amide bonds. The summed E-state index contributed by atoms with van der Waals surface area (Å²) >= 11 is 0. The molecular formula is C14H18N2O2. The maximum Gasteiger partial charge on any atom is 0.293 e. The summed E-state index contributed by atoms with van der Waals surface area (Å²) in [5.41, 5.74) is 1.95. The molecule has 1 N–H and O–H groups in total. The molecule has 96 valence electrons. The number of hydrogen-bond acceptors (Lipinski definition) is 2. The first-order chi connectivity index (χ1) is 8.50. The number of nitrogens with one attached hydrogen (secondary N) is 1. The van der Waals surface area contributed by atoms with Crippen molar-refractivity contribution in [3.05, 3.63) is 40.1 Å². The van der Waals surface area contributed by atoms with Crippen molar-refractivity contribution in [1.82, 2.24) is 4.98 Å². The molecule has 0 bridgehead atoms. The molecule has 4 nitrogen and oxygen atoms in total. The Hall–Kier alpha value is -1.84. The molecule has 0 aliphatic heterocycles. The summed E-state index contributed by atoms with van der Waals surface area (Å²) < 4.78 is 0. The molecule has 0 aliphatic carbocycles. The Morgan fingerprint density at radius 3 is 2.67 bits per heavy atom. The lowest BCUT2D eigenvalue weighted by Crippen LogP contribution is -1.98. The van der Waals surface area contributed by atoms with Crippen LogP contribution in [0.4, 0.5) is 5.69 Å². The van der Waals surface area contributed by atoms with Crippen molar-refractivity contribution < 1.29 is 4.92 Å². The molecule has 4 heteroatoms. The number of rotatable bonds is 4. The van der Waals surface area contributed by atoms with E-state index >= 15 is 0 Å². The number of nitrogens with zero attached hydrogens (tertiary/aromatic N) is 1. The van der Waals surface area contributed by atoms with E-state index in [9.17, 15) is 10.1 Å². The van der Waals surface area contributed by atoms with Crippen LogP contribution in [-0.2, 0) is 0 Å². The predicted octanol–water partition coefficient (Wildman–Crippen LogP) is 4.23. The van der Waals surface area contributed by atoms with Gasteiger partial charge in [-0.05, 0) is 23.8 Å². The molecule has 0 saturated heterocycles. The highest BCUT2D eigenvalue weighted by Crippen LogP contribution is 2.33. The highest BCUT2D eigenvalue weighted by Gasteiger charge is 2.18. The number of H-pyrrole nitrogens is 1. The van der Waals surface area contributed by atoms with Crippen LogP contribution in [0.25, 0.3) is 10.9 Å². The van der Waals surface area contributed by atoms with Crippen LogP contribution in [0, 0.1) is 16.0 Å². The van der Waals surface area contributed by atoms with E-state index in [0.717, 1.165) is 11.8 Å². The molecule has 1 aromatic carbocycles. The number of fused-ring (bicyclic) bond motifs is 1. The van der Waals surface area contributed by atoms with Gasteiger partial charge in [0.05, 0.1) is 4.92 Å². The minimum Gasteiger partial charge on any atom is -0.355 e. The van der Waals surface area contributed by atoms with Crippen molar-refractivity contribution in [3.8, 4) is 0 Å². The molecule has 1 aromatic heterocycles. The minimum atomic E-state index is -0.338. The van der Waals surface area contributed by atoms with E-state index in [0.29, 0.717) is 17.4 Å². The molecule has 1 unspecified atom stereocenters. The summed E-state index contributed by atoms with van der Waals surface area (Å²) in [6, 6.07) is 5.24. The smallest absolute Gasteiger partial charge is 0.293 e. The summed E-state index contributed by atoms with van der Waals surface area (Å²) in [5, 5.41) is 11.9. The number of benzene rings is 1. The minimum absolute atomic E-state index is 0.149. The Labute approximate surface area is 106 Å². The average molecular weight is 246 g/mol. The molecule has 2 aromatic rings. The quantitative estimate of drug-likeness (QED) is 0.648. The third kappa shape index (κ3) is 2.23. The fraction of sp³-hybridized carbons (Fsp3) is 0.429. The van der Waals surface area contributed by atoms with E-state index in [1.54, 1.807) is 6.07 Å². The Morgan fingerprint density at radius 2 is 2.06 bits per heavy atom. The van der Waals surface area contributed by atoms with Crippen LogP contribution in [0.5, 0.6) is 0 Å². The maximum atomic E-state index is 11.0. The van der Waals surface area contributed by atoms with Gasteiger partial charge < -0.3 is 4.98 Å². The van der Waals surface area contributed by atoms with E-state index in [-0.39, 0.29) is 10.6 Å². The third-order valence-electron chi connectivity index (χ3n) is 3.28. The molecule has 0 spiro atoms. The van der Waals surface area contributed by atoms with Gasteiger partial charge >= 0.3 is 0 Å². The van der Waals surface area contributed by atoms with Gasteiger partial charge in [0.1, 0.15) is 5.52 Å². The second kappa shape index (κ2) is 4.80. The Morgan fingerprint density at radius 1 is 1.33 bits per heavy atom. The summed E-state index contributed by atoms with van der Waals surface area (Å²) in [7, 11) is 0. The lowest BCUT2D eigenvalue weighted by Gasteiger charge is -2.12. The fourth-order valence-electron chi connectivity index (χ4n) is 2.55. The number of hydrogen-bond donors (Lipinski definition) is 1. The van der Waals surface area contributed by atoms with Crippen molar-refractivity contribution >= 4 is 16.6 Å². The lowest BCUT2D eigenvalue weighted by molar-refractivity contribution is -0.383. The highest BCUT2D eigenvalue weighted by molar-refractivity contribution is 5.90. The first-order valence-electron chi connectivity index (χ1n) is 6.25. The van der Waals surface area contributed by atoms with E-state index in [1.807, 2.05) is 12.3 Å². The van der Waals surface area contributed by atoms with Crippen LogP contribution in [0.2, 0.25) is 0 Å². The SMILES string of the molecule is CC(C)CC(C)c1c[nH]c2c([N+](=O)[O-])cccc12. The second-order valence-electron chi connectivity index (χ2n) is 5.23. The molecule has 2 rings (SSSR count). The number of nitro benzene ring substituents is 1. The van der Waals surface area contributed by atoms with Gasteiger partial charge in [-0.1, -0.05) is 32.9 Å². The number of nitro groups is 1. The lowest BCUT2D eigenvalue weighted by atomic mass is 9.92. The molecule has 0 aliphatic rings. The van der Waals surface area contributed by atoms with Crippen LogP contribution in [0.3, 0.4) is 0 Å². The Balaban J connectivity index is 2.48. The Kier molecular flexibility index (Phi) is 3.36. The molecule has 1 heterocycles. The fourth-order valence-corrected chi connectivity index (χ4v) is 2.55. The first-order valence-corrected chi connectivity index (χ1v) is 6.25. The van der Waals surface area contributed by atoms with Crippen molar-refractivity contribution in [2.45, 2.75) is 33.1 Å². The second-order valence-corrected chi connectivity index (χ2v) is 5.23. The number of para-hydroxylation sites is 1. The third-order valence-corrected chi connectivity index (χ3v) is 3.28. The van der Waals surface area contributed by atoms with E-state index in [4.69, 9.17) is 0 Å². The molecule has 0 saturated carbocycles. The zero-order valence-electron chi connectivity index (χ0n) is 10.9. The van der Waals surface area contributed by atoms with Crippen LogP contribution in [0.1, 0.15) is 38.7 Å². The van der Waals surface area contributed by atoms with Gasteiger partial charge in [0.2, 0.25) is 0 Å². The van der Waals surface area contributed by atoms with Crippen molar-refractivity contribution in [2.75, 3.05) is 0 Å². The summed E-state index contributed by atoms with van der Waals surface area (Å²) in [5.74, 6) is 1.02. The van der Waals surface area contributed by atoms with Crippen LogP contribution in [-0.4, -0.2) is 9.91 Å².